The first-order valence-electron chi connectivity index (χ1n) is 6.95. The van der Waals surface area contributed by atoms with Gasteiger partial charge in [0.15, 0.2) is 0 Å². The van der Waals surface area contributed by atoms with E-state index >= 15 is 0 Å². The molecule has 0 aliphatic carbocycles. The maximum absolute atomic E-state index is 12.7. The molecule has 1 unspecified atom stereocenters. The molecule has 0 aliphatic rings. The number of amides is 1. The molecule has 0 radical (unpaired) electrons. The Morgan fingerprint density at radius 1 is 1.24 bits per heavy atom. The maximum atomic E-state index is 12.7. The van der Waals surface area contributed by atoms with Crippen LogP contribution in [0.3, 0.4) is 0 Å². The summed E-state index contributed by atoms with van der Waals surface area (Å²) in [5.74, 6) is -0.144. The van der Waals surface area contributed by atoms with Gasteiger partial charge in [0.1, 0.15) is 0 Å². The number of benzene rings is 1. The number of hydrogen-bond donors (Lipinski definition) is 1. The van der Waals surface area contributed by atoms with Crippen molar-refractivity contribution in [3.63, 3.8) is 0 Å². The Labute approximate surface area is 123 Å². The molecule has 1 aromatic carbocycles. The van der Waals surface area contributed by atoms with Gasteiger partial charge in [-0.2, -0.15) is 13.2 Å². The SMILES string of the molecule is CC(NC(=O)CCC(C)(C)C)c1cccc(C(F)(F)F)c1. The Morgan fingerprint density at radius 2 is 1.86 bits per heavy atom. The lowest BCUT2D eigenvalue weighted by Crippen LogP contribution is -2.27. The number of carbonyl (C=O) groups excluding carboxylic acids is 1. The summed E-state index contributed by atoms with van der Waals surface area (Å²) in [5, 5.41) is 2.74. The minimum absolute atomic E-state index is 0.0524. The fraction of sp³-hybridized carbons (Fsp3) is 0.562. The van der Waals surface area contributed by atoms with Crippen molar-refractivity contribution >= 4 is 5.91 Å². The number of rotatable bonds is 4. The fourth-order valence-corrected chi connectivity index (χ4v) is 1.87. The summed E-state index contributed by atoms with van der Waals surface area (Å²) in [7, 11) is 0. The van der Waals surface area contributed by atoms with Gasteiger partial charge in [0, 0.05) is 6.42 Å². The molecule has 5 heteroatoms. The first-order valence-corrected chi connectivity index (χ1v) is 6.95. The molecular formula is C16H22F3NO. The Kier molecular flexibility index (Phi) is 5.42. The molecule has 0 bridgehead atoms. The second-order valence-corrected chi connectivity index (χ2v) is 6.47. The maximum Gasteiger partial charge on any atom is 0.416 e. The molecule has 1 rings (SSSR count). The van der Waals surface area contributed by atoms with Gasteiger partial charge in [0.25, 0.3) is 0 Å². The number of alkyl halides is 3. The highest BCUT2D eigenvalue weighted by atomic mass is 19.4. The van der Waals surface area contributed by atoms with Gasteiger partial charge in [-0.3, -0.25) is 4.79 Å². The first-order chi connectivity index (χ1) is 9.49. The van der Waals surface area contributed by atoms with Crippen LogP contribution in [0.15, 0.2) is 24.3 Å². The second-order valence-electron chi connectivity index (χ2n) is 6.47. The van der Waals surface area contributed by atoms with E-state index in [0.29, 0.717) is 12.0 Å². The molecule has 0 fully saturated rings. The van der Waals surface area contributed by atoms with Gasteiger partial charge in [0.2, 0.25) is 5.91 Å². The van der Waals surface area contributed by atoms with Gasteiger partial charge in [-0.15, -0.1) is 0 Å². The smallest absolute Gasteiger partial charge is 0.350 e. The van der Waals surface area contributed by atoms with E-state index in [1.807, 2.05) is 20.8 Å². The number of hydrogen-bond acceptors (Lipinski definition) is 1. The van der Waals surface area contributed by atoms with Gasteiger partial charge in [0.05, 0.1) is 11.6 Å². The van der Waals surface area contributed by atoms with Crippen LogP contribution in [0.4, 0.5) is 13.2 Å². The summed E-state index contributed by atoms with van der Waals surface area (Å²) in [6.45, 7) is 7.80. The number of halogens is 3. The van der Waals surface area contributed by atoms with Crippen molar-refractivity contribution in [3.05, 3.63) is 35.4 Å². The van der Waals surface area contributed by atoms with Crippen LogP contribution < -0.4 is 5.32 Å². The third-order valence-electron chi connectivity index (χ3n) is 3.19. The van der Waals surface area contributed by atoms with Crippen LogP contribution >= 0.6 is 0 Å². The Morgan fingerprint density at radius 3 is 2.38 bits per heavy atom. The highest BCUT2D eigenvalue weighted by Crippen LogP contribution is 2.30. The molecule has 0 aliphatic heterocycles. The van der Waals surface area contributed by atoms with Gasteiger partial charge >= 0.3 is 6.18 Å². The van der Waals surface area contributed by atoms with E-state index in [4.69, 9.17) is 0 Å². The minimum Gasteiger partial charge on any atom is -0.350 e. The minimum atomic E-state index is -4.37. The molecule has 0 saturated carbocycles. The van der Waals surface area contributed by atoms with Crippen LogP contribution in [0.5, 0.6) is 0 Å². The van der Waals surface area contributed by atoms with Gasteiger partial charge in [-0.1, -0.05) is 32.9 Å². The molecule has 0 spiro atoms. The van der Waals surface area contributed by atoms with Crippen LogP contribution in [0, 0.1) is 5.41 Å². The molecule has 0 heterocycles. The average molecular weight is 301 g/mol. The van der Waals surface area contributed by atoms with Gasteiger partial charge < -0.3 is 5.32 Å². The van der Waals surface area contributed by atoms with Crippen molar-refractivity contribution in [2.24, 2.45) is 5.41 Å². The summed E-state index contributed by atoms with van der Waals surface area (Å²) in [4.78, 5) is 11.8. The second kappa shape index (κ2) is 6.50. The summed E-state index contributed by atoms with van der Waals surface area (Å²) in [6, 6.07) is 4.60. The zero-order valence-electron chi connectivity index (χ0n) is 12.8. The van der Waals surface area contributed by atoms with Crippen molar-refractivity contribution in [2.75, 3.05) is 0 Å². The Bertz CT molecular complexity index is 489. The summed E-state index contributed by atoms with van der Waals surface area (Å²) in [5.41, 5.74) is -0.193. The van der Waals surface area contributed by atoms with E-state index in [0.717, 1.165) is 18.6 Å². The van der Waals surface area contributed by atoms with Crippen LogP contribution in [-0.2, 0) is 11.0 Å². The normalized spacial score (nSPS) is 13.9. The lowest BCUT2D eigenvalue weighted by molar-refractivity contribution is -0.137. The first kappa shape index (κ1) is 17.5. The van der Waals surface area contributed by atoms with Gasteiger partial charge in [-0.25, -0.2) is 0 Å². The molecule has 1 N–H and O–H groups in total. The Balaban J connectivity index is 2.68. The highest BCUT2D eigenvalue weighted by Gasteiger charge is 2.30. The van der Waals surface area contributed by atoms with E-state index < -0.39 is 17.8 Å². The molecule has 21 heavy (non-hydrogen) atoms. The summed E-state index contributed by atoms with van der Waals surface area (Å²) in [6.07, 6.45) is -3.27. The molecule has 118 valence electrons. The summed E-state index contributed by atoms with van der Waals surface area (Å²) >= 11 is 0. The number of carbonyl (C=O) groups is 1. The van der Waals surface area contributed by atoms with Crippen LogP contribution in [0.2, 0.25) is 0 Å². The average Bonchev–Trinajstić information content (AvgIpc) is 2.34. The van der Waals surface area contributed by atoms with E-state index in [1.165, 1.54) is 6.07 Å². The van der Waals surface area contributed by atoms with Crippen molar-refractivity contribution in [1.82, 2.24) is 5.32 Å². The third-order valence-corrected chi connectivity index (χ3v) is 3.19. The predicted octanol–water partition coefficient (Wildman–Crippen LogP) is 4.71. The quantitative estimate of drug-likeness (QED) is 0.857. The van der Waals surface area contributed by atoms with Crippen LogP contribution in [0.1, 0.15) is 57.7 Å². The predicted molar refractivity (Wildman–Crippen MR) is 76.7 cm³/mol. The summed E-state index contributed by atoms with van der Waals surface area (Å²) < 4.78 is 38.0. The molecule has 0 aromatic heterocycles. The largest absolute Gasteiger partial charge is 0.416 e. The third kappa shape index (κ3) is 6.19. The zero-order chi connectivity index (χ0) is 16.3. The fourth-order valence-electron chi connectivity index (χ4n) is 1.87. The van der Waals surface area contributed by atoms with Crippen molar-refractivity contribution < 1.29 is 18.0 Å². The Hall–Kier alpha value is -1.52. The van der Waals surface area contributed by atoms with Crippen LogP contribution in [0.25, 0.3) is 0 Å². The molecule has 1 amide bonds. The molecule has 2 nitrogen and oxygen atoms in total. The standard InChI is InChI=1S/C16H22F3NO/c1-11(20-14(21)8-9-15(2,3)4)12-6-5-7-13(10-12)16(17,18)19/h5-7,10-11H,8-9H2,1-4H3,(H,20,21). The van der Waals surface area contributed by atoms with Crippen molar-refractivity contribution in [1.29, 1.82) is 0 Å². The molecular weight excluding hydrogens is 279 g/mol. The van der Waals surface area contributed by atoms with Crippen molar-refractivity contribution in [2.45, 2.75) is 52.8 Å². The zero-order valence-corrected chi connectivity index (χ0v) is 12.8. The van der Waals surface area contributed by atoms with E-state index in [9.17, 15) is 18.0 Å². The van der Waals surface area contributed by atoms with E-state index in [2.05, 4.69) is 5.32 Å². The van der Waals surface area contributed by atoms with Crippen LogP contribution in [-0.4, -0.2) is 5.91 Å². The topological polar surface area (TPSA) is 29.1 Å². The number of nitrogens with one attached hydrogen (secondary N) is 1. The highest BCUT2D eigenvalue weighted by molar-refractivity contribution is 5.76. The van der Waals surface area contributed by atoms with E-state index in [1.54, 1.807) is 13.0 Å². The van der Waals surface area contributed by atoms with E-state index in [-0.39, 0.29) is 11.3 Å². The molecule has 1 atom stereocenters. The lowest BCUT2D eigenvalue weighted by atomic mass is 9.90. The molecule has 1 aromatic rings. The lowest BCUT2D eigenvalue weighted by Gasteiger charge is -2.20. The van der Waals surface area contributed by atoms with Crippen molar-refractivity contribution in [3.8, 4) is 0 Å². The molecule has 0 saturated heterocycles. The van der Waals surface area contributed by atoms with Gasteiger partial charge in [-0.05, 0) is 36.5 Å². The monoisotopic (exact) mass is 301 g/mol.